The molecule has 0 radical (unpaired) electrons. The van der Waals surface area contributed by atoms with Gasteiger partial charge in [0.1, 0.15) is 0 Å². The topological polar surface area (TPSA) is 55.9 Å². The Morgan fingerprint density at radius 2 is 1.95 bits per heavy atom. The second kappa shape index (κ2) is 5.95. The van der Waals surface area contributed by atoms with E-state index in [-0.39, 0.29) is 12.1 Å². The SMILES string of the molecule is Cc1ccc(C(NN)c2c(Cl)cnn2C(C)C)cc1C. The third-order valence-electron chi connectivity index (χ3n) is 3.58. The van der Waals surface area contributed by atoms with E-state index in [0.29, 0.717) is 5.02 Å². The molecule has 1 aromatic heterocycles. The molecule has 0 aliphatic rings. The molecule has 0 fully saturated rings. The van der Waals surface area contributed by atoms with E-state index in [1.807, 2.05) is 4.68 Å². The predicted octanol–water partition coefficient (Wildman–Crippen LogP) is 3.29. The van der Waals surface area contributed by atoms with Gasteiger partial charge in [-0.25, -0.2) is 5.43 Å². The third kappa shape index (κ3) is 2.73. The Morgan fingerprint density at radius 1 is 1.25 bits per heavy atom. The van der Waals surface area contributed by atoms with Gasteiger partial charge in [0.15, 0.2) is 0 Å². The number of benzene rings is 1. The molecule has 0 saturated carbocycles. The Labute approximate surface area is 124 Å². The summed E-state index contributed by atoms with van der Waals surface area (Å²) in [5.74, 6) is 5.77. The zero-order valence-electron chi connectivity index (χ0n) is 12.3. The number of hydrogen-bond acceptors (Lipinski definition) is 3. The first-order valence-corrected chi connectivity index (χ1v) is 7.09. The second-order valence-corrected chi connectivity index (χ2v) is 5.77. The van der Waals surface area contributed by atoms with Crippen LogP contribution in [0.4, 0.5) is 0 Å². The number of hydrazine groups is 1. The lowest BCUT2D eigenvalue weighted by atomic mass is 9.99. The van der Waals surface area contributed by atoms with Gasteiger partial charge in [0.05, 0.1) is 23.0 Å². The number of aromatic nitrogens is 2. The summed E-state index contributed by atoms with van der Waals surface area (Å²) < 4.78 is 1.90. The van der Waals surface area contributed by atoms with Crippen molar-refractivity contribution in [1.82, 2.24) is 15.2 Å². The highest BCUT2D eigenvalue weighted by atomic mass is 35.5. The molecular formula is C15H21ClN4. The quantitative estimate of drug-likeness (QED) is 0.671. The maximum atomic E-state index is 6.30. The summed E-state index contributed by atoms with van der Waals surface area (Å²) >= 11 is 6.30. The minimum atomic E-state index is -0.174. The van der Waals surface area contributed by atoms with E-state index in [4.69, 9.17) is 17.4 Å². The van der Waals surface area contributed by atoms with Gasteiger partial charge in [-0.2, -0.15) is 5.10 Å². The molecule has 0 amide bonds. The van der Waals surface area contributed by atoms with Crippen molar-refractivity contribution in [3.63, 3.8) is 0 Å². The molecule has 0 aliphatic heterocycles. The van der Waals surface area contributed by atoms with Crippen molar-refractivity contribution in [2.45, 2.75) is 39.8 Å². The largest absolute Gasteiger partial charge is 0.271 e. The van der Waals surface area contributed by atoms with Crippen LogP contribution in [0.1, 0.15) is 48.3 Å². The van der Waals surface area contributed by atoms with Crippen LogP contribution >= 0.6 is 11.6 Å². The molecule has 5 heteroatoms. The maximum Gasteiger partial charge on any atom is 0.0893 e. The van der Waals surface area contributed by atoms with Crippen LogP contribution in [0, 0.1) is 13.8 Å². The first-order chi connectivity index (χ1) is 9.45. The molecule has 0 aliphatic carbocycles. The fourth-order valence-electron chi connectivity index (χ4n) is 2.31. The van der Waals surface area contributed by atoms with Crippen LogP contribution in [-0.2, 0) is 0 Å². The maximum absolute atomic E-state index is 6.30. The molecular weight excluding hydrogens is 272 g/mol. The van der Waals surface area contributed by atoms with Crippen LogP contribution in [0.15, 0.2) is 24.4 Å². The summed E-state index contributed by atoms with van der Waals surface area (Å²) in [6.07, 6.45) is 1.67. The molecule has 1 heterocycles. The van der Waals surface area contributed by atoms with Crippen LogP contribution in [0.25, 0.3) is 0 Å². The van der Waals surface area contributed by atoms with E-state index in [0.717, 1.165) is 11.3 Å². The minimum absolute atomic E-state index is 0.174. The monoisotopic (exact) mass is 292 g/mol. The Morgan fingerprint density at radius 3 is 2.50 bits per heavy atom. The number of rotatable bonds is 4. The lowest BCUT2D eigenvalue weighted by molar-refractivity contribution is 0.476. The molecule has 108 valence electrons. The number of nitrogens with two attached hydrogens (primary N) is 1. The number of nitrogens with zero attached hydrogens (tertiary/aromatic N) is 2. The van der Waals surface area contributed by atoms with Crippen molar-refractivity contribution in [2.75, 3.05) is 0 Å². The zero-order valence-corrected chi connectivity index (χ0v) is 13.1. The van der Waals surface area contributed by atoms with Crippen molar-refractivity contribution < 1.29 is 0 Å². The van der Waals surface area contributed by atoms with Crippen LogP contribution in [-0.4, -0.2) is 9.78 Å². The molecule has 1 aromatic carbocycles. The van der Waals surface area contributed by atoms with Crippen LogP contribution < -0.4 is 11.3 Å². The minimum Gasteiger partial charge on any atom is -0.271 e. The summed E-state index contributed by atoms with van der Waals surface area (Å²) in [7, 11) is 0. The van der Waals surface area contributed by atoms with E-state index in [2.05, 4.69) is 56.4 Å². The smallest absolute Gasteiger partial charge is 0.0893 e. The zero-order chi connectivity index (χ0) is 14.9. The van der Waals surface area contributed by atoms with Crippen molar-refractivity contribution in [2.24, 2.45) is 5.84 Å². The molecule has 20 heavy (non-hydrogen) atoms. The van der Waals surface area contributed by atoms with Crippen molar-refractivity contribution >= 4 is 11.6 Å². The van der Waals surface area contributed by atoms with E-state index in [9.17, 15) is 0 Å². The Bertz CT molecular complexity index is 604. The Hall–Kier alpha value is -1.36. The van der Waals surface area contributed by atoms with E-state index >= 15 is 0 Å². The predicted molar refractivity (Wildman–Crippen MR) is 82.7 cm³/mol. The first-order valence-electron chi connectivity index (χ1n) is 6.72. The van der Waals surface area contributed by atoms with Crippen molar-refractivity contribution in [3.8, 4) is 0 Å². The first kappa shape index (κ1) is 15.0. The number of nitrogens with one attached hydrogen (secondary N) is 1. The summed E-state index contributed by atoms with van der Waals surface area (Å²) in [5.41, 5.74) is 7.33. The van der Waals surface area contributed by atoms with Gasteiger partial charge in [-0.05, 0) is 44.4 Å². The van der Waals surface area contributed by atoms with Crippen LogP contribution in [0.2, 0.25) is 5.02 Å². The second-order valence-electron chi connectivity index (χ2n) is 5.36. The lowest BCUT2D eigenvalue weighted by Gasteiger charge is -2.21. The molecule has 0 spiro atoms. The van der Waals surface area contributed by atoms with Crippen molar-refractivity contribution in [1.29, 1.82) is 0 Å². The van der Waals surface area contributed by atoms with Crippen LogP contribution in [0.3, 0.4) is 0 Å². The average Bonchev–Trinajstić information content (AvgIpc) is 2.77. The van der Waals surface area contributed by atoms with Gasteiger partial charge >= 0.3 is 0 Å². The molecule has 1 unspecified atom stereocenters. The third-order valence-corrected chi connectivity index (χ3v) is 3.87. The normalized spacial score (nSPS) is 12.9. The number of aryl methyl sites for hydroxylation is 2. The molecule has 0 saturated heterocycles. The lowest BCUT2D eigenvalue weighted by Crippen LogP contribution is -2.31. The summed E-state index contributed by atoms with van der Waals surface area (Å²) in [5, 5.41) is 4.96. The fourth-order valence-corrected chi connectivity index (χ4v) is 2.55. The van der Waals surface area contributed by atoms with Gasteiger partial charge in [0.2, 0.25) is 0 Å². The molecule has 2 rings (SSSR count). The standard InChI is InChI=1S/C15H21ClN4/c1-9(2)20-15(13(16)8-18-20)14(19-17)12-6-5-10(3)11(4)7-12/h5-9,14,19H,17H2,1-4H3. The highest BCUT2D eigenvalue weighted by Gasteiger charge is 2.22. The number of hydrogen-bond donors (Lipinski definition) is 2. The Balaban J connectivity index is 2.52. The van der Waals surface area contributed by atoms with Crippen LogP contribution in [0.5, 0.6) is 0 Å². The Kier molecular flexibility index (Phi) is 4.48. The average molecular weight is 293 g/mol. The summed E-state index contributed by atoms with van der Waals surface area (Å²) in [6.45, 7) is 8.32. The summed E-state index contributed by atoms with van der Waals surface area (Å²) in [6, 6.07) is 6.35. The molecule has 0 bridgehead atoms. The number of halogens is 1. The highest BCUT2D eigenvalue weighted by Crippen LogP contribution is 2.30. The molecule has 3 N–H and O–H groups in total. The van der Waals surface area contributed by atoms with Gasteiger partial charge < -0.3 is 0 Å². The van der Waals surface area contributed by atoms with Gasteiger partial charge in [0.25, 0.3) is 0 Å². The highest BCUT2D eigenvalue weighted by molar-refractivity contribution is 6.31. The van der Waals surface area contributed by atoms with Gasteiger partial charge in [-0.15, -0.1) is 0 Å². The molecule has 2 aromatic rings. The van der Waals surface area contributed by atoms with E-state index < -0.39 is 0 Å². The fraction of sp³-hybridized carbons (Fsp3) is 0.400. The van der Waals surface area contributed by atoms with E-state index in [1.165, 1.54) is 11.1 Å². The molecule has 4 nitrogen and oxygen atoms in total. The van der Waals surface area contributed by atoms with Gasteiger partial charge in [0, 0.05) is 6.04 Å². The van der Waals surface area contributed by atoms with E-state index in [1.54, 1.807) is 6.20 Å². The van der Waals surface area contributed by atoms with Gasteiger partial charge in [-0.3, -0.25) is 10.5 Å². The van der Waals surface area contributed by atoms with Gasteiger partial charge in [-0.1, -0.05) is 29.8 Å². The van der Waals surface area contributed by atoms with Crippen molar-refractivity contribution in [3.05, 3.63) is 51.8 Å². The molecule has 1 atom stereocenters. The summed E-state index contributed by atoms with van der Waals surface area (Å²) in [4.78, 5) is 0.